The molecule has 0 amide bonds. The van der Waals surface area contributed by atoms with Crippen LogP contribution >= 0.6 is 69.6 Å². The van der Waals surface area contributed by atoms with Crippen molar-refractivity contribution in [1.82, 2.24) is 4.98 Å². The van der Waals surface area contributed by atoms with Gasteiger partial charge in [0, 0.05) is 11.8 Å². The molecule has 0 fully saturated rings. The summed E-state index contributed by atoms with van der Waals surface area (Å²) in [4.78, 5) is 14.3. The summed E-state index contributed by atoms with van der Waals surface area (Å²) in [5, 5.41) is 0.450. The van der Waals surface area contributed by atoms with Crippen molar-refractivity contribution < 1.29 is 0 Å². The van der Waals surface area contributed by atoms with Crippen LogP contribution in [-0.4, -0.2) is 4.98 Å². The van der Waals surface area contributed by atoms with Crippen molar-refractivity contribution in [3.63, 3.8) is 0 Å². The summed E-state index contributed by atoms with van der Waals surface area (Å²) in [6, 6.07) is 1.41. The summed E-state index contributed by atoms with van der Waals surface area (Å²) >= 11 is 35.8. The Hall–Kier alpha value is -0.0900. The molecule has 0 radical (unpaired) electrons. The second kappa shape index (κ2) is 5.72. The molecule has 0 aliphatic heterocycles. The van der Waals surface area contributed by atoms with Crippen molar-refractivity contribution in [2.45, 2.75) is 0 Å². The minimum absolute atomic E-state index is 0.0205. The molecule has 1 aromatic heterocycles. The first kappa shape index (κ1) is 15.3. The number of pyridine rings is 1. The number of halogens is 6. The minimum atomic E-state index is -0.428. The average molecular weight is 378 g/mol. The number of rotatable bonds is 1. The molecule has 0 aliphatic carbocycles. The van der Waals surface area contributed by atoms with Gasteiger partial charge in [0.2, 0.25) is 0 Å². The molecule has 2 rings (SSSR count). The first-order valence-corrected chi connectivity index (χ1v) is 7.01. The molecule has 100 valence electrons. The van der Waals surface area contributed by atoms with Gasteiger partial charge in [-0.15, -0.1) is 0 Å². The monoisotopic (exact) mass is 375 g/mol. The Morgan fingerprint density at radius 2 is 1.26 bits per heavy atom. The van der Waals surface area contributed by atoms with Crippen LogP contribution in [0.15, 0.2) is 17.1 Å². The highest BCUT2D eigenvalue weighted by molar-refractivity contribution is 6.56. The van der Waals surface area contributed by atoms with Gasteiger partial charge in [-0.2, -0.15) is 0 Å². The van der Waals surface area contributed by atoms with Crippen LogP contribution < -0.4 is 5.56 Å². The number of hydrogen-bond donors (Lipinski definition) is 1. The van der Waals surface area contributed by atoms with E-state index in [1.54, 1.807) is 0 Å². The SMILES string of the molecule is O=c1[nH]cc(Cl)cc1-c1c(Cl)c(Cl)c(Cl)c(Cl)c1Cl. The van der Waals surface area contributed by atoms with E-state index >= 15 is 0 Å². The van der Waals surface area contributed by atoms with E-state index in [0.29, 0.717) is 5.02 Å². The first-order valence-electron chi connectivity index (χ1n) is 4.74. The normalized spacial score (nSPS) is 10.8. The van der Waals surface area contributed by atoms with Gasteiger partial charge in [0.1, 0.15) is 0 Å². The van der Waals surface area contributed by atoms with Gasteiger partial charge in [-0.3, -0.25) is 4.79 Å². The predicted molar refractivity (Wildman–Crippen MR) is 82.6 cm³/mol. The molecule has 19 heavy (non-hydrogen) atoms. The van der Waals surface area contributed by atoms with Crippen LogP contribution in [0.4, 0.5) is 0 Å². The van der Waals surface area contributed by atoms with Crippen molar-refractivity contribution in [2.75, 3.05) is 0 Å². The summed E-state index contributed by atoms with van der Waals surface area (Å²) in [7, 11) is 0. The van der Waals surface area contributed by atoms with Crippen LogP contribution in [0, 0.1) is 0 Å². The second-order valence-electron chi connectivity index (χ2n) is 3.51. The molecule has 1 heterocycles. The van der Waals surface area contributed by atoms with Crippen molar-refractivity contribution >= 4 is 69.6 Å². The Morgan fingerprint density at radius 1 is 0.789 bits per heavy atom. The third-order valence-electron chi connectivity index (χ3n) is 2.35. The van der Waals surface area contributed by atoms with Crippen molar-refractivity contribution in [2.24, 2.45) is 0 Å². The van der Waals surface area contributed by atoms with E-state index in [0.717, 1.165) is 0 Å². The maximum Gasteiger partial charge on any atom is 0.256 e. The zero-order valence-electron chi connectivity index (χ0n) is 8.83. The molecule has 0 bridgehead atoms. The summed E-state index contributed by atoms with van der Waals surface area (Å²) in [5.74, 6) is 0. The van der Waals surface area contributed by atoms with Crippen LogP contribution in [0.5, 0.6) is 0 Å². The van der Waals surface area contributed by atoms with Crippen LogP contribution in [0.25, 0.3) is 11.1 Å². The first-order chi connectivity index (χ1) is 8.84. The predicted octanol–water partition coefficient (Wildman–Crippen LogP) is 5.96. The lowest BCUT2D eigenvalue weighted by Crippen LogP contribution is -2.08. The van der Waals surface area contributed by atoms with Gasteiger partial charge in [-0.25, -0.2) is 0 Å². The summed E-state index contributed by atoms with van der Waals surface area (Å²) in [6.45, 7) is 0. The molecule has 1 aromatic carbocycles. The van der Waals surface area contributed by atoms with Gasteiger partial charge in [0.05, 0.1) is 35.7 Å². The minimum Gasteiger partial charge on any atom is -0.327 e. The van der Waals surface area contributed by atoms with E-state index < -0.39 is 5.56 Å². The molecule has 0 atom stereocenters. The van der Waals surface area contributed by atoms with Gasteiger partial charge < -0.3 is 4.98 Å². The number of aromatic nitrogens is 1. The van der Waals surface area contributed by atoms with Crippen LogP contribution in [-0.2, 0) is 0 Å². The molecule has 0 saturated carbocycles. The second-order valence-corrected chi connectivity index (χ2v) is 5.83. The standard InChI is InChI=1S/C11H3Cl6NO/c12-3-1-4(11(19)18-2-3)5-6(13)8(15)10(17)9(16)7(5)14/h1-2H,(H,18,19). The van der Waals surface area contributed by atoms with Gasteiger partial charge in [-0.05, 0) is 6.07 Å². The fraction of sp³-hybridized carbons (Fsp3) is 0. The lowest BCUT2D eigenvalue weighted by molar-refractivity contribution is 1.24. The van der Waals surface area contributed by atoms with E-state index in [2.05, 4.69) is 4.98 Å². The third-order valence-corrected chi connectivity index (χ3v) is 4.84. The zero-order chi connectivity index (χ0) is 14.3. The average Bonchev–Trinajstić information content (AvgIpc) is 2.38. The lowest BCUT2D eigenvalue weighted by Gasteiger charge is -2.12. The maximum absolute atomic E-state index is 11.8. The number of benzene rings is 1. The van der Waals surface area contributed by atoms with Crippen molar-refractivity contribution in [3.8, 4) is 11.1 Å². The highest BCUT2D eigenvalue weighted by atomic mass is 35.5. The Balaban J connectivity index is 2.91. The zero-order valence-corrected chi connectivity index (χ0v) is 13.4. The summed E-state index contributed by atoms with van der Waals surface area (Å²) in [6.07, 6.45) is 1.34. The number of H-pyrrole nitrogens is 1. The van der Waals surface area contributed by atoms with Crippen molar-refractivity contribution in [3.05, 3.63) is 52.8 Å². The van der Waals surface area contributed by atoms with Gasteiger partial charge in [-0.1, -0.05) is 69.6 Å². The fourth-order valence-corrected chi connectivity index (χ4v) is 2.99. The smallest absolute Gasteiger partial charge is 0.256 e. The molecule has 0 saturated heterocycles. The third kappa shape index (κ3) is 2.71. The summed E-state index contributed by atoms with van der Waals surface area (Å²) < 4.78 is 0. The van der Waals surface area contributed by atoms with E-state index in [9.17, 15) is 4.79 Å². The highest BCUT2D eigenvalue weighted by Crippen LogP contribution is 2.47. The number of nitrogens with one attached hydrogen (secondary N) is 1. The number of hydrogen-bond acceptors (Lipinski definition) is 1. The highest BCUT2D eigenvalue weighted by Gasteiger charge is 2.22. The molecule has 2 nitrogen and oxygen atoms in total. The van der Waals surface area contributed by atoms with Gasteiger partial charge in [0.15, 0.2) is 0 Å². The quantitative estimate of drug-likeness (QED) is 0.482. The van der Waals surface area contributed by atoms with E-state index in [4.69, 9.17) is 69.6 Å². The van der Waals surface area contributed by atoms with Gasteiger partial charge in [0.25, 0.3) is 5.56 Å². The van der Waals surface area contributed by atoms with Crippen LogP contribution in [0.3, 0.4) is 0 Å². The Labute approximate surface area is 138 Å². The van der Waals surface area contributed by atoms with Crippen molar-refractivity contribution in [1.29, 1.82) is 0 Å². The van der Waals surface area contributed by atoms with E-state index in [1.165, 1.54) is 12.3 Å². The topological polar surface area (TPSA) is 32.9 Å². The molecule has 8 heteroatoms. The Bertz CT molecular complexity index is 695. The fourth-order valence-electron chi connectivity index (χ4n) is 1.48. The molecule has 0 unspecified atom stereocenters. The molecule has 1 N–H and O–H groups in total. The summed E-state index contributed by atoms with van der Waals surface area (Å²) in [5.41, 5.74) is -0.0860. The Morgan fingerprint density at radius 3 is 1.79 bits per heavy atom. The Kier molecular flexibility index (Phi) is 4.61. The van der Waals surface area contributed by atoms with Crippen LogP contribution in [0.1, 0.15) is 0 Å². The van der Waals surface area contributed by atoms with E-state index in [1.807, 2.05) is 0 Å². The van der Waals surface area contributed by atoms with Gasteiger partial charge >= 0.3 is 0 Å². The number of aromatic amines is 1. The molecule has 0 aliphatic rings. The van der Waals surface area contributed by atoms with E-state index in [-0.39, 0.29) is 36.2 Å². The maximum atomic E-state index is 11.8. The largest absolute Gasteiger partial charge is 0.327 e. The lowest BCUT2D eigenvalue weighted by atomic mass is 10.1. The molecule has 2 aromatic rings. The molecular formula is C11H3Cl6NO. The molecular weight excluding hydrogens is 375 g/mol. The van der Waals surface area contributed by atoms with Crippen LogP contribution in [0.2, 0.25) is 30.1 Å². The molecule has 0 spiro atoms.